The number of nitrogens with zero attached hydrogens (tertiary/aromatic N) is 2. The molecule has 0 saturated carbocycles. The molecule has 4 rings (SSSR count). The standard InChI is InChI=1S/C22H24N4OS/c1-16-14-28-20(25-16)13-24-19-9-5-6-17(12-19)21(27)26-11-10-22(23,15-26)18-7-3-2-4-8-18/h2-9,12,14,24H,10-11,13,15,23H2,1H3. The maximum Gasteiger partial charge on any atom is 0.254 e. The van der Waals surface area contributed by atoms with Gasteiger partial charge in [-0.05, 0) is 37.1 Å². The number of likely N-dealkylation sites (tertiary alicyclic amines) is 1. The highest BCUT2D eigenvalue weighted by molar-refractivity contribution is 7.09. The molecule has 0 aliphatic carbocycles. The summed E-state index contributed by atoms with van der Waals surface area (Å²) in [6, 6.07) is 17.7. The highest BCUT2D eigenvalue weighted by atomic mass is 32.1. The fraction of sp³-hybridized carbons (Fsp3) is 0.273. The van der Waals surface area contributed by atoms with E-state index in [1.165, 1.54) is 0 Å². The number of hydrogen-bond donors (Lipinski definition) is 2. The van der Waals surface area contributed by atoms with Crippen molar-refractivity contribution in [1.29, 1.82) is 0 Å². The molecule has 0 spiro atoms. The van der Waals surface area contributed by atoms with Gasteiger partial charge in [0.05, 0.1) is 12.1 Å². The van der Waals surface area contributed by atoms with Crippen molar-refractivity contribution in [1.82, 2.24) is 9.88 Å². The topological polar surface area (TPSA) is 71.2 Å². The second-order valence-corrected chi connectivity index (χ2v) is 8.26. The van der Waals surface area contributed by atoms with Gasteiger partial charge in [-0.25, -0.2) is 4.98 Å². The zero-order valence-electron chi connectivity index (χ0n) is 15.9. The predicted molar refractivity (Wildman–Crippen MR) is 113 cm³/mol. The van der Waals surface area contributed by atoms with E-state index in [0.29, 0.717) is 25.2 Å². The van der Waals surface area contributed by atoms with Gasteiger partial charge < -0.3 is 16.0 Å². The van der Waals surface area contributed by atoms with Crippen LogP contribution in [0.2, 0.25) is 0 Å². The Hall–Kier alpha value is -2.70. The third-order valence-electron chi connectivity index (χ3n) is 5.16. The Morgan fingerprint density at radius 1 is 1.25 bits per heavy atom. The first-order valence-corrected chi connectivity index (χ1v) is 10.3. The lowest BCUT2D eigenvalue weighted by Crippen LogP contribution is -2.41. The van der Waals surface area contributed by atoms with Gasteiger partial charge in [0.15, 0.2) is 0 Å². The zero-order valence-corrected chi connectivity index (χ0v) is 16.7. The number of aromatic nitrogens is 1. The van der Waals surface area contributed by atoms with Gasteiger partial charge in [-0.3, -0.25) is 4.79 Å². The molecule has 28 heavy (non-hydrogen) atoms. The molecule has 2 heterocycles. The van der Waals surface area contributed by atoms with Gasteiger partial charge >= 0.3 is 0 Å². The SMILES string of the molecule is Cc1csc(CNc2cccc(C(=O)N3CCC(N)(c4ccccc4)C3)c2)n1. The summed E-state index contributed by atoms with van der Waals surface area (Å²) in [6.07, 6.45) is 0.768. The Balaban J connectivity index is 1.44. The van der Waals surface area contributed by atoms with Crippen molar-refractivity contribution in [2.75, 3.05) is 18.4 Å². The summed E-state index contributed by atoms with van der Waals surface area (Å²) in [5, 5.41) is 6.42. The van der Waals surface area contributed by atoms with E-state index >= 15 is 0 Å². The first kappa shape index (κ1) is 18.7. The molecule has 144 valence electrons. The summed E-state index contributed by atoms with van der Waals surface area (Å²) in [5.41, 5.74) is 9.85. The number of nitrogens with two attached hydrogens (primary N) is 1. The van der Waals surface area contributed by atoms with E-state index < -0.39 is 5.54 Å². The fourth-order valence-electron chi connectivity index (χ4n) is 3.62. The van der Waals surface area contributed by atoms with Crippen molar-refractivity contribution in [2.24, 2.45) is 5.73 Å². The highest BCUT2D eigenvalue weighted by Gasteiger charge is 2.38. The van der Waals surface area contributed by atoms with Crippen LogP contribution in [0.4, 0.5) is 5.69 Å². The zero-order chi connectivity index (χ0) is 19.6. The minimum absolute atomic E-state index is 0.0250. The van der Waals surface area contributed by atoms with Crippen LogP contribution >= 0.6 is 11.3 Å². The molecule has 1 saturated heterocycles. The molecular weight excluding hydrogens is 368 g/mol. The largest absolute Gasteiger partial charge is 0.379 e. The number of rotatable bonds is 5. The Kier molecular flexibility index (Phi) is 5.15. The highest BCUT2D eigenvalue weighted by Crippen LogP contribution is 2.30. The number of thiazole rings is 1. The summed E-state index contributed by atoms with van der Waals surface area (Å²) in [6.45, 7) is 3.84. The number of nitrogens with one attached hydrogen (secondary N) is 1. The molecule has 1 aliphatic heterocycles. The first-order valence-electron chi connectivity index (χ1n) is 9.42. The van der Waals surface area contributed by atoms with Crippen molar-refractivity contribution in [2.45, 2.75) is 25.4 Å². The molecule has 1 amide bonds. The monoisotopic (exact) mass is 392 g/mol. The lowest BCUT2D eigenvalue weighted by Gasteiger charge is -2.25. The van der Waals surface area contributed by atoms with Crippen LogP contribution in [-0.4, -0.2) is 28.9 Å². The number of amides is 1. The van der Waals surface area contributed by atoms with Crippen LogP contribution in [0.1, 0.15) is 33.0 Å². The average molecular weight is 393 g/mol. The minimum atomic E-state index is -0.477. The first-order chi connectivity index (χ1) is 13.5. The Morgan fingerprint density at radius 2 is 2.07 bits per heavy atom. The summed E-state index contributed by atoms with van der Waals surface area (Å²) in [7, 11) is 0. The number of benzene rings is 2. The average Bonchev–Trinajstić information content (AvgIpc) is 3.33. The van der Waals surface area contributed by atoms with E-state index in [0.717, 1.165) is 28.4 Å². The lowest BCUT2D eigenvalue weighted by molar-refractivity contribution is 0.0783. The van der Waals surface area contributed by atoms with Crippen LogP contribution in [0, 0.1) is 6.92 Å². The van der Waals surface area contributed by atoms with Crippen molar-refractivity contribution in [3.05, 3.63) is 81.8 Å². The van der Waals surface area contributed by atoms with Crippen LogP contribution in [0.3, 0.4) is 0 Å². The normalized spacial score (nSPS) is 19.0. The van der Waals surface area contributed by atoms with E-state index in [9.17, 15) is 4.79 Å². The molecule has 3 aromatic rings. The van der Waals surface area contributed by atoms with Crippen LogP contribution in [-0.2, 0) is 12.1 Å². The van der Waals surface area contributed by atoms with Gasteiger partial charge in [-0.2, -0.15) is 0 Å². The molecule has 1 unspecified atom stereocenters. The number of hydrogen-bond acceptors (Lipinski definition) is 5. The number of carbonyl (C=O) groups excluding carboxylic acids is 1. The smallest absolute Gasteiger partial charge is 0.254 e. The fourth-order valence-corrected chi connectivity index (χ4v) is 4.33. The minimum Gasteiger partial charge on any atom is -0.379 e. The summed E-state index contributed by atoms with van der Waals surface area (Å²) in [5.74, 6) is 0.0250. The maximum atomic E-state index is 13.0. The lowest BCUT2D eigenvalue weighted by atomic mass is 9.90. The molecule has 1 atom stereocenters. The number of aryl methyl sites for hydroxylation is 1. The van der Waals surface area contributed by atoms with Crippen LogP contribution in [0.15, 0.2) is 60.0 Å². The van der Waals surface area contributed by atoms with Crippen molar-refractivity contribution >= 4 is 22.9 Å². The number of anilines is 1. The van der Waals surface area contributed by atoms with E-state index in [1.54, 1.807) is 11.3 Å². The number of carbonyl (C=O) groups is 1. The Bertz CT molecular complexity index is 971. The maximum absolute atomic E-state index is 13.0. The van der Waals surface area contributed by atoms with Gasteiger partial charge in [0.2, 0.25) is 0 Å². The molecule has 1 aliphatic rings. The molecule has 2 aromatic carbocycles. The van der Waals surface area contributed by atoms with Crippen LogP contribution in [0.25, 0.3) is 0 Å². The van der Waals surface area contributed by atoms with E-state index in [-0.39, 0.29) is 5.91 Å². The molecule has 0 radical (unpaired) electrons. The van der Waals surface area contributed by atoms with Gasteiger partial charge in [0, 0.05) is 35.4 Å². The molecule has 1 fully saturated rings. The van der Waals surface area contributed by atoms with Crippen molar-refractivity contribution < 1.29 is 4.79 Å². The second kappa shape index (κ2) is 7.73. The molecule has 1 aromatic heterocycles. The molecule has 6 heteroatoms. The van der Waals surface area contributed by atoms with E-state index in [4.69, 9.17) is 5.73 Å². The van der Waals surface area contributed by atoms with E-state index in [2.05, 4.69) is 10.3 Å². The molecular formula is C22H24N4OS. The summed E-state index contributed by atoms with van der Waals surface area (Å²) in [4.78, 5) is 19.3. The van der Waals surface area contributed by atoms with Gasteiger partial charge in [-0.15, -0.1) is 11.3 Å². The van der Waals surface area contributed by atoms with Gasteiger partial charge in [0.1, 0.15) is 5.01 Å². The second-order valence-electron chi connectivity index (χ2n) is 7.32. The Morgan fingerprint density at radius 3 is 2.82 bits per heavy atom. The summed E-state index contributed by atoms with van der Waals surface area (Å²) < 4.78 is 0. The summed E-state index contributed by atoms with van der Waals surface area (Å²) >= 11 is 1.63. The predicted octanol–water partition coefficient (Wildman–Crippen LogP) is 3.76. The molecule has 5 nitrogen and oxygen atoms in total. The Labute approximate surface area is 169 Å². The molecule has 0 bridgehead atoms. The third-order valence-corrected chi connectivity index (χ3v) is 6.12. The quantitative estimate of drug-likeness (QED) is 0.693. The van der Waals surface area contributed by atoms with Gasteiger partial charge in [0.25, 0.3) is 5.91 Å². The van der Waals surface area contributed by atoms with Crippen LogP contribution in [0.5, 0.6) is 0 Å². The van der Waals surface area contributed by atoms with E-state index in [1.807, 2.05) is 71.8 Å². The van der Waals surface area contributed by atoms with Crippen LogP contribution < -0.4 is 11.1 Å². The molecule has 3 N–H and O–H groups in total. The van der Waals surface area contributed by atoms with Crippen molar-refractivity contribution in [3.8, 4) is 0 Å². The third kappa shape index (κ3) is 3.93. The van der Waals surface area contributed by atoms with Gasteiger partial charge in [-0.1, -0.05) is 36.4 Å². The van der Waals surface area contributed by atoms with Crippen molar-refractivity contribution in [3.63, 3.8) is 0 Å².